The van der Waals surface area contributed by atoms with E-state index in [-0.39, 0.29) is 5.56 Å². The van der Waals surface area contributed by atoms with Gasteiger partial charge in [0.15, 0.2) is 18.2 Å². The van der Waals surface area contributed by atoms with Crippen LogP contribution in [0.5, 0.6) is 0 Å². The molecule has 1 N–H and O–H groups in total. The van der Waals surface area contributed by atoms with Crippen molar-refractivity contribution in [3.05, 3.63) is 81.5 Å². The van der Waals surface area contributed by atoms with Crippen molar-refractivity contribution in [1.29, 1.82) is 0 Å². The predicted octanol–water partition coefficient (Wildman–Crippen LogP) is 3.87. The first-order chi connectivity index (χ1) is 13.3. The molecule has 0 spiro atoms. The van der Waals surface area contributed by atoms with Gasteiger partial charge in [-0.15, -0.1) is 11.3 Å². The summed E-state index contributed by atoms with van der Waals surface area (Å²) in [5.41, 5.74) is 4.83. The number of aromatic nitrogens is 3. The molecule has 0 saturated carbocycles. The molecule has 0 amide bonds. The summed E-state index contributed by atoms with van der Waals surface area (Å²) >= 11 is 1.53. The van der Waals surface area contributed by atoms with E-state index in [1.165, 1.54) is 41.7 Å². The lowest BCUT2D eigenvalue weighted by atomic mass is 9.93. The Kier molecular flexibility index (Phi) is 4.09. The van der Waals surface area contributed by atoms with Gasteiger partial charge in [-0.3, -0.25) is 4.79 Å². The van der Waals surface area contributed by atoms with Crippen molar-refractivity contribution in [2.75, 3.05) is 0 Å². The monoisotopic (exact) mass is 374 g/mol. The van der Waals surface area contributed by atoms with Crippen LogP contribution in [0.4, 0.5) is 0 Å². The van der Waals surface area contributed by atoms with Crippen LogP contribution in [0, 0.1) is 0 Å². The summed E-state index contributed by atoms with van der Waals surface area (Å²) in [6.07, 6.45) is 9.17. The van der Waals surface area contributed by atoms with Crippen molar-refractivity contribution in [1.82, 2.24) is 9.97 Å². The van der Waals surface area contributed by atoms with Crippen LogP contribution in [-0.2, 0) is 19.4 Å². The second-order valence-corrected chi connectivity index (χ2v) is 7.94. The number of fused-ring (bicyclic) bond motifs is 2. The standard InChI is InChI=1S/C22H19N3OS/c26-21-20-18(16-7-2-1-3-8-16)14-27-22(20)24-19(23-21)13-25-11-10-15-6-4-5-9-17(15)12-25/h1-3,7-8,10-12,14H,4-6,9,13H2/p+1. The Morgan fingerprint density at radius 1 is 1.07 bits per heavy atom. The van der Waals surface area contributed by atoms with Gasteiger partial charge in [0, 0.05) is 22.6 Å². The highest BCUT2D eigenvalue weighted by Crippen LogP contribution is 2.30. The Morgan fingerprint density at radius 2 is 1.89 bits per heavy atom. The molecule has 5 heteroatoms. The average Bonchev–Trinajstić information content (AvgIpc) is 3.13. The molecule has 0 radical (unpaired) electrons. The van der Waals surface area contributed by atoms with Crippen LogP contribution in [-0.4, -0.2) is 9.97 Å². The van der Waals surface area contributed by atoms with E-state index in [9.17, 15) is 4.79 Å². The summed E-state index contributed by atoms with van der Waals surface area (Å²) in [5.74, 6) is 0.703. The zero-order valence-electron chi connectivity index (χ0n) is 14.9. The number of hydrogen-bond donors (Lipinski definition) is 1. The molecule has 0 unspecified atom stereocenters. The van der Waals surface area contributed by atoms with E-state index < -0.39 is 0 Å². The maximum atomic E-state index is 12.8. The molecule has 5 rings (SSSR count). The zero-order chi connectivity index (χ0) is 18.2. The Labute approximate surface area is 161 Å². The number of rotatable bonds is 3. The molecule has 4 aromatic rings. The van der Waals surface area contributed by atoms with Crippen molar-refractivity contribution in [2.24, 2.45) is 0 Å². The molecule has 0 fully saturated rings. The van der Waals surface area contributed by atoms with Gasteiger partial charge in [0.05, 0.1) is 5.39 Å². The largest absolute Gasteiger partial charge is 0.305 e. The fraction of sp³-hybridized carbons (Fsp3) is 0.227. The summed E-state index contributed by atoms with van der Waals surface area (Å²) in [7, 11) is 0. The first-order valence-electron chi connectivity index (χ1n) is 9.34. The molecular weight excluding hydrogens is 354 g/mol. The third-order valence-corrected chi connectivity index (χ3v) is 6.13. The Hall–Kier alpha value is -2.79. The van der Waals surface area contributed by atoms with Gasteiger partial charge in [-0.2, -0.15) is 4.57 Å². The quantitative estimate of drug-likeness (QED) is 0.554. The summed E-state index contributed by atoms with van der Waals surface area (Å²) in [5, 5.41) is 2.71. The van der Waals surface area contributed by atoms with Gasteiger partial charge >= 0.3 is 0 Å². The Bertz CT molecular complexity index is 1180. The van der Waals surface area contributed by atoms with Gasteiger partial charge in [0.25, 0.3) is 5.56 Å². The van der Waals surface area contributed by atoms with Crippen LogP contribution in [0.25, 0.3) is 21.3 Å². The van der Waals surface area contributed by atoms with Crippen molar-refractivity contribution < 1.29 is 4.57 Å². The highest BCUT2D eigenvalue weighted by molar-refractivity contribution is 7.17. The van der Waals surface area contributed by atoms with Crippen molar-refractivity contribution in [3.8, 4) is 11.1 Å². The molecule has 134 valence electrons. The number of aromatic amines is 1. The van der Waals surface area contributed by atoms with Gasteiger partial charge in [0.2, 0.25) is 6.54 Å². The average molecular weight is 374 g/mol. The topological polar surface area (TPSA) is 49.6 Å². The molecule has 0 atom stereocenters. The lowest BCUT2D eigenvalue weighted by molar-refractivity contribution is -0.689. The molecule has 3 aromatic heterocycles. The normalized spacial score (nSPS) is 13.6. The third kappa shape index (κ3) is 3.08. The lowest BCUT2D eigenvalue weighted by Gasteiger charge is -2.13. The minimum atomic E-state index is -0.0614. The van der Waals surface area contributed by atoms with E-state index in [1.807, 2.05) is 35.7 Å². The van der Waals surface area contributed by atoms with Crippen molar-refractivity contribution >= 4 is 21.6 Å². The smallest absolute Gasteiger partial charge is 0.260 e. The summed E-state index contributed by atoms with van der Waals surface area (Å²) in [4.78, 5) is 21.3. The van der Waals surface area contributed by atoms with Crippen LogP contribution in [0.3, 0.4) is 0 Å². The highest BCUT2D eigenvalue weighted by atomic mass is 32.1. The minimum Gasteiger partial charge on any atom is -0.305 e. The van der Waals surface area contributed by atoms with Gasteiger partial charge in [-0.05, 0) is 36.8 Å². The number of hydrogen-bond acceptors (Lipinski definition) is 3. The molecule has 0 aliphatic heterocycles. The van der Waals surface area contributed by atoms with E-state index in [1.54, 1.807) is 0 Å². The molecule has 1 aromatic carbocycles. The molecule has 1 aliphatic carbocycles. The summed E-state index contributed by atoms with van der Waals surface area (Å²) in [6, 6.07) is 12.2. The van der Waals surface area contributed by atoms with E-state index in [0.29, 0.717) is 17.8 Å². The number of H-pyrrole nitrogens is 1. The number of aryl methyl sites for hydroxylation is 2. The van der Waals surface area contributed by atoms with Gasteiger partial charge < -0.3 is 4.98 Å². The number of pyridine rings is 1. The fourth-order valence-electron chi connectivity index (χ4n) is 3.89. The molecule has 3 heterocycles. The summed E-state index contributed by atoms with van der Waals surface area (Å²) in [6.45, 7) is 0.580. The maximum absolute atomic E-state index is 12.8. The fourth-order valence-corrected chi connectivity index (χ4v) is 4.86. The highest BCUT2D eigenvalue weighted by Gasteiger charge is 2.17. The zero-order valence-corrected chi connectivity index (χ0v) is 15.8. The van der Waals surface area contributed by atoms with Crippen molar-refractivity contribution in [2.45, 2.75) is 32.2 Å². The van der Waals surface area contributed by atoms with Gasteiger partial charge in [0.1, 0.15) is 4.83 Å². The van der Waals surface area contributed by atoms with Gasteiger partial charge in [-0.1, -0.05) is 30.3 Å². The van der Waals surface area contributed by atoms with Crippen LogP contribution >= 0.6 is 11.3 Å². The number of benzene rings is 1. The maximum Gasteiger partial charge on any atom is 0.260 e. The third-order valence-electron chi connectivity index (χ3n) is 5.25. The Balaban J connectivity index is 1.51. The molecule has 27 heavy (non-hydrogen) atoms. The molecule has 0 saturated heterocycles. The van der Waals surface area contributed by atoms with E-state index in [4.69, 9.17) is 4.98 Å². The molecular formula is C22H20N3OS+. The van der Waals surface area contributed by atoms with Crippen LogP contribution in [0.2, 0.25) is 0 Å². The van der Waals surface area contributed by atoms with Crippen LogP contribution in [0.15, 0.2) is 59.0 Å². The number of thiophene rings is 1. The Morgan fingerprint density at radius 3 is 2.74 bits per heavy atom. The van der Waals surface area contributed by atoms with E-state index in [0.717, 1.165) is 22.4 Å². The first-order valence-corrected chi connectivity index (χ1v) is 10.2. The van der Waals surface area contributed by atoms with Crippen LogP contribution < -0.4 is 10.1 Å². The summed E-state index contributed by atoms with van der Waals surface area (Å²) < 4.78 is 2.12. The molecule has 1 aliphatic rings. The second-order valence-electron chi connectivity index (χ2n) is 7.08. The lowest BCUT2D eigenvalue weighted by Crippen LogP contribution is -2.36. The van der Waals surface area contributed by atoms with Crippen molar-refractivity contribution in [3.63, 3.8) is 0 Å². The van der Waals surface area contributed by atoms with E-state index >= 15 is 0 Å². The van der Waals surface area contributed by atoms with Gasteiger partial charge in [-0.25, -0.2) is 4.98 Å². The molecule has 0 bridgehead atoms. The van der Waals surface area contributed by atoms with Crippen LogP contribution in [0.1, 0.15) is 29.8 Å². The minimum absolute atomic E-state index is 0.0614. The predicted molar refractivity (Wildman–Crippen MR) is 108 cm³/mol. The first kappa shape index (κ1) is 16.4. The molecule has 4 nitrogen and oxygen atoms in total. The SMILES string of the molecule is O=c1[nH]c(C[n+]2ccc3c(c2)CCCC3)nc2scc(-c3ccccc3)c12. The van der Waals surface area contributed by atoms with E-state index in [2.05, 4.69) is 28.0 Å². The number of nitrogens with zero attached hydrogens (tertiary/aromatic N) is 2. The number of nitrogens with one attached hydrogen (secondary N) is 1. The second kappa shape index (κ2) is 6.74.